The maximum Gasteiger partial charge on any atom is 0.261 e. The van der Waals surface area contributed by atoms with E-state index in [1.165, 1.54) is 62.7 Å². The van der Waals surface area contributed by atoms with Gasteiger partial charge in [0.15, 0.2) is 0 Å². The number of nitrogens with two attached hydrogens (primary N) is 1. The number of fused-ring (bicyclic) bond motifs is 1. The zero-order valence-electron chi connectivity index (χ0n) is 28.8. The molecule has 0 radical (unpaired) electrons. The van der Waals surface area contributed by atoms with Crippen molar-refractivity contribution in [3.05, 3.63) is 107 Å². The zero-order chi connectivity index (χ0) is 33.8. The van der Waals surface area contributed by atoms with Crippen LogP contribution in [0, 0.1) is 5.92 Å². The van der Waals surface area contributed by atoms with Gasteiger partial charge in [-0.25, -0.2) is 0 Å². The lowest BCUT2D eigenvalue weighted by Crippen LogP contribution is -2.49. The van der Waals surface area contributed by atoms with Crippen LogP contribution in [-0.4, -0.2) is 78.7 Å². The highest BCUT2D eigenvalue weighted by Gasteiger charge is 2.49. The van der Waals surface area contributed by atoms with E-state index in [1.807, 2.05) is 48.5 Å². The Morgan fingerprint density at radius 3 is 1.71 bits per heavy atom. The lowest BCUT2D eigenvalue weighted by molar-refractivity contribution is -0.123. The molecule has 1 atom stereocenters. The predicted octanol–water partition coefficient (Wildman–Crippen LogP) is 6.91. The number of imide groups is 1. The van der Waals surface area contributed by atoms with Crippen LogP contribution in [0.4, 0.5) is 0 Å². The van der Waals surface area contributed by atoms with Gasteiger partial charge in [-0.1, -0.05) is 118 Å². The molecule has 7 nitrogen and oxygen atoms in total. The lowest BCUT2D eigenvalue weighted by Gasteiger charge is -2.37. The molecular formula is C41H54N4O3. The van der Waals surface area contributed by atoms with Crippen LogP contribution in [-0.2, 0) is 10.2 Å². The fourth-order valence-electron chi connectivity index (χ4n) is 7.92. The Balaban J connectivity index is 0.906. The van der Waals surface area contributed by atoms with E-state index in [2.05, 4.69) is 41.1 Å². The number of hydrogen-bond donors (Lipinski definition) is 1. The Bertz CT molecular complexity index is 1400. The van der Waals surface area contributed by atoms with Gasteiger partial charge in [0.05, 0.1) is 11.1 Å². The largest absolute Gasteiger partial charge is 0.369 e. The Morgan fingerprint density at radius 2 is 1.17 bits per heavy atom. The molecule has 3 aromatic carbocycles. The second kappa shape index (κ2) is 17.5. The van der Waals surface area contributed by atoms with E-state index < -0.39 is 5.41 Å². The van der Waals surface area contributed by atoms with Gasteiger partial charge in [-0.3, -0.25) is 19.3 Å². The Hall–Kier alpha value is -3.81. The number of likely N-dealkylation sites (tertiary alicyclic amines) is 1. The van der Waals surface area contributed by atoms with E-state index in [-0.39, 0.29) is 23.6 Å². The first-order valence-corrected chi connectivity index (χ1v) is 18.2. The molecule has 7 heteroatoms. The molecule has 5 rings (SSSR count). The number of rotatable bonds is 20. The summed E-state index contributed by atoms with van der Waals surface area (Å²) in [4.78, 5) is 44.6. The van der Waals surface area contributed by atoms with Crippen molar-refractivity contribution in [2.24, 2.45) is 11.7 Å². The summed E-state index contributed by atoms with van der Waals surface area (Å²) in [7, 11) is 2.13. The van der Waals surface area contributed by atoms with Crippen LogP contribution >= 0.6 is 0 Å². The first-order chi connectivity index (χ1) is 23.4. The molecule has 0 aliphatic carbocycles. The van der Waals surface area contributed by atoms with Crippen molar-refractivity contribution in [1.82, 2.24) is 14.7 Å². The number of primary amides is 1. The molecule has 1 saturated heterocycles. The fraction of sp³-hybridized carbons (Fsp3) is 0.488. The van der Waals surface area contributed by atoms with Crippen LogP contribution in [0.3, 0.4) is 0 Å². The topological polar surface area (TPSA) is 86.9 Å². The van der Waals surface area contributed by atoms with E-state index in [9.17, 15) is 14.4 Å². The molecular weight excluding hydrogens is 596 g/mol. The van der Waals surface area contributed by atoms with E-state index in [4.69, 9.17) is 5.73 Å². The molecule has 3 aromatic rings. The van der Waals surface area contributed by atoms with Gasteiger partial charge in [-0.2, -0.15) is 0 Å². The highest BCUT2D eigenvalue weighted by Crippen LogP contribution is 2.43. The molecule has 2 aliphatic heterocycles. The van der Waals surface area contributed by atoms with Gasteiger partial charge in [0.1, 0.15) is 5.41 Å². The number of nitrogens with zero attached hydrogens (tertiary/aromatic N) is 3. The number of hydrogen-bond acceptors (Lipinski definition) is 5. The third-order valence-corrected chi connectivity index (χ3v) is 10.5. The van der Waals surface area contributed by atoms with Crippen LogP contribution in [0.2, 0.25) is 0 Å². The molecule has 0 bridgehead atoms. The summed E-state index contributed by atoms with van der Waals surface area (Å²) in [5.74, 6) is -0.413. The van der Waals surface area contributed by atoms with Gasteiger partial charge in [0.25, 0.3) is 11.8 Å². The van der Waals surface area contributed by atoms with Gasteiger partial charge >= 0.3 is 0 Å². The van der Waals surface area contributed by atoms with Crippen molar-refractivity contribution < 1.29 is 14.4 Å². The molecule has 1 unspecified atom stereocenters. The average molecular weight is 651 g/mol. The third kappa shape index (κ3) is 8.42. The predicted molar refractivity (Wildman–Crippen MR) is 193 cm³/mol. The molecule has 0 saturated carbocycles. The molecule has 0 aromatic heterocycles. The van der Waals surface area contributed by atoms with Gasteiger partial charge in [-0.05, 0) is 88.1 Å². The van der Waals surface area contributed by atoms with Gasteiger partial charge < -0.3 is 15.5 Å². The van der Waals surface area contributed by atoms with Gasteiger partial charge in [-0.15, -0.1) is 0 Å². The van der Waals surface area contributed by atoms with E-state index in [1.54, 1.807) is 12.1 Å². The second-order valence-electron chi connectivity index (χ2n) is 13.8. The number of unbranched alkanes of at least 4 members (excludes halogenated alkanes) is 8. The fourth-order valence-corrected chi connectivity index (χ4v) is 7.92. The standard InChI is InChI=1S/C41H54N4O3/c1-43(28-19-30-45-38(46)36-24-15-16-25-37(36)39(45)47)27-17-7-5-3-2-4-6-8-18-29-44-31-26-35(32-44)41(40(42)48,33-20-11-9-12-21-33)34-22-13-10-14-23-34/h9-16,20-25,35H,2-8,17-19,26-32H2,1H3,(H2,42,48). The first-order valence-electron chi connectivity index (χ1n) is 18.2. The molecule has 0 spiro atoms. The van der Waals surface area contributed by atoms with Crippen molar-refractivity contribution in [1.29, 1.82) is 0 Å². The quantitative estimate of drug-likeness (QED) is 0.106. The number of carbonyl (C=O) groups is 3. The minimum atomic E-state index is -0.808. The number of benzene rings is 3. The number of amides is 3. The second-order valence-corrected chi connectivity index (χ2v) is 13.8. The van der Waals surface area contributed by atoms with Crippen molar-refractivity contribution in [2.75, 3.05) is 46.3 Å². The maximum atomic E-state index is 13.3. The van der Waals surface area contributed by atoms with Gasteiger partial charge in [0, 0.05) is 13.1 Å². The summed E-state index contributed by atoms with van der Waals surface area (Å²) in [5, 5.41) is 0. The van der Waals surface area contributed by atoms with Crippen molar-refractivity contribution in [3.63, 3.8) is 0 Å². The molecule has 256 valence electrons. The van der Waals surface area contributed by atoms with Crippen molar-refractivity contribution >= 4 is 17.7 Å². The van der Waals surface area contributed by atoms with Crippen LogP contribution in [0.15, 0.2) is 84.9 Å². The Kier molecular flexibility index (Phi) is 13.0. The Labute approximate surface area is 287 Å². The molecule has 48 heavy (non-hydrogen) atoms. The van der Waals surface area contributed by atoms with E-state index in [0.29, 0.717) is 17.7 Å². The summed E-state index contributed by atoms with van der Waals surface area (Å²) in [6, 6.07) is 27.4. The summed E-state index contributed by atoms with van der Waals surface area (Å²) in [5.41, 5.74) is 8.51. The minimum absolute atomic E-state index is 0.157. The normalized spacial score (nSPS) is 16.6. The molecule has 2 N–H and O–H groups in total. The average Bonchev–Trinajstić information content (AvgIpc) is 3.67. The van der Waals surface area contributed by atoms with E-state index in [0.717, 1.165) is 56.7 Å². The highest BCUT2D eigenvalue weighted by atomic mass is 16.2. The highest BCUT2D eigenvalue weighted by molar-refractivity contribution is 6.21. The molecule has 1 fully saturated rings. The summed E-state index contributed by atoms with van der Waals surface area (Å²) < 4.78 is 0. The third-order valence-electron chi connectivity index (χ3n) is 10.5. The van der Waals surface area contributed by atoms with Crippen LogP contribution in [0.5, 0.6) is 0 Å². The number of carbonyl (C=O) groups excluding carboxylic acids is 3. The van der Waals surface area contributed by atoms with Crippen molar-refractivity contribution in [3.8, 4) is 0 Å². The minimum Gasteiger partial charge on any atom is -0.369 e. The van der Waals surface area contributed by atoms with Crippen LogP contribution < -0.4 is 5.73 Å². The SMILES string of the molecule is CN(CCCCCCCCCCCN1CCC(C(C(N)=O)(c2ccccc2)c2ccccc2)C1)CCCN1C(=O)c2ccccc2C1=O. The monoisotopic (exact) mass is 650 g/mol. The molecule has 2 aliphatic rings. The summed E-state index contributed by atoms with van der Waals surface area (Å²) in [6.45, 7) is 5.42. The van der Waals surface area contributed by atoms with Crippen LogP contribution in [0.25, 0.3) is 0 Å². The Morgan fingerprint density at radius 1 is 0.688 bits per heavy atom. The van der Waals surface area contributed by atoms with Crippen LogP contribution in [0.1, 0.15) is 102 Å². The smallest absolute Gasteiger partial charge is 0.261 e. The maximum absolute atomic E-state index is 13.3. The summed E-state index contributed by atoms with van der Waals surface area (Å²) in [6.07, 6.45) is 13.1. The van der Waals surface area contributed by atoms with E-state index >= 15 is 0 Å². The zero-order valence-corrected chi connectivity index (χ0v) is 28.8. The first kappa shape index (κ1) is 35.5. The summed E-state index contributed by atoms with van der Waals surface area (Å²) >= 11 is 0. The molecule has 2 heterocycles. The lowest BCUT2D eigenvalue weighted by atomic mass is 9.64. The van der Waals surface area contributed by atoms with Crippen molar-refractivity contribution in [2.45, 2.75) is 76.0 Å². The van der Waals surface area contributed by atoms with Gasteiger partial charge in [0.2, 0.25) is 5.91 Å². The molecule has 3 amide bonds.